The van der Waals surface area contributed by atoms with Crippen LogP contribution in [0.1, 0.15) is 0 Å². The molecule has 4 nitrogen and oxygen atoms in total. The first-order valence-corrected chi connectivity index (χ1v) is 4.55. The van der Waals surface area contributed by atoms with Gasteiger partial charge in [0.15, 0.2) is 4.98 Å². The summed E-state index contributed by atoms with van der Waals surface area (Å²) >= 11 is 0. The maximum Gasteiger partial charge on any atom is 0.453 e. The molecule has 2 aromatic rings. The third-order valence-corrected chi connectivity index (χ3v) is 2.33. The predicted molar refractivity (Wildman–Crippen MR) is 58.5 cm³/mol. The van der Waals surface area contributed by atoms with Gasteiger partial charge in [-0.05, 0) is 12.1 Å². The van der Waals surface area contributed by atoms with Crippen molar-refractivity contribution in [3.8, 4) is 5.88 Å². The van der Waals surface area contributed by atoms with Crippen molar-refractivity contribution in [3.63, 3.8) is 0 Å². The van der Waals surface area contributed by atoms with Crippen LogP contribution >= 0.6 is 0 Å². The van der Waals surface area contributed by atoms with E-state index in [0.29, 0.717) is 6.54 Å². The smallest absolute Gasteiger partial charge is 0.453 e. The third kappa shape index (κ3) is 1.25. The Morgan fingerprint density at radius 3 is 2.87 bits per heavy atom. The maximum atomic E-state index is 9.81. The number of para-hydroxylation sites is 1. The van der Waals surface area contributed by atoms with Gasteiger partial charge in [0, 0.05) is 6.54 Å². The second-order valence-electron chi connectivity index (χ2n) is 3.19. The Bertz CT molecular complexity index is 563. The number of aromatic nitrogens is 1. The molecule has 0 fully saturated rings. The summed E-state index contributed by atoms with van der Waals surface area (Å²) in [7, 11) is 0. The number of aromatic hydroxyl groups is 1. The zero-order valence-electron chi connectivity index (χ0n) is 8.09. The first-order chi connectivity index (χ1) is 7.29. The monoisotopic (exact) mass is 200 g/mol. The molecule has 1 aromatic carbocycles. The lowest BCUT2D eigenvalue weighted by Crippen LogP contribution is -1.92. The second-order valence-corrected chi connectivity index (χ2v) is 3.19. The van der Waals surface area contributed by atoms with Gasteiger partial charge in [-0.3, -0.25) is 0 Å². The van der Waals surface area contributed by atoms with E-state index in [1.165, 1.54) is 0 Å². The molecule has 0 unspecified atom stereocenters. The van der Waals surface area contributed by atoms with Crippen LogP contribution in [0.5, 0.6) is 5.88 Å². The Hall–Kier alpha value is -2.28. The molecular formula is C11H10N3O+. The Labute approximate surface area is 86.7 Å². The Kier molecular flexibility index (Phi) is 2.14. The topological polar surface area (TPSA) is 53.3 Å². The van der Waals surface area contributed by atoms with E-state index >= 15 is 0 Å². The summed E-state index contributed by atoms with van der Waals surface area (Å²) < 4.78 is 1.64. The number of fused-ring (bicyclic) bond motifs is 1. The van der Waals surface area contributed by atoms with Crippen molar-refractivity contribution in [2.75, 3.05) is 0 Å². The average molecular weight is 200 g/mol. The first-order valence-electron chi connectivity index (χ1n) is 4.55. The van der Waals surface area contributed by atoms with E-state index in [-0.39, 0.29) is 11.6 Å². The number of hydrogen-bond acceptors (Lipinski definition) is 2. The van der Waals surface area contributed by atoms with Gasteiger partial charge in [-0.15, -0.1) is 6.58 Å². The van der Waals surface area contributed by atoms with Gasteiger partial charge in [0.1, 0.15) is 0 Å². The van der Waals surface area contributed by atoms with Crippen LogP contribution in [-0.4, -0.2) is 9.67 Å². The van der Waals surface area contributed by atoms with Crippen molar-refractivity contribution < 1.29 is 5.11 Å². The summed E-state index contributed by atoms with van der Waals surface area (Å²) in [6.45, 7) is 4.09. The fourth-order valence-electron chi connectivity index (χ4n) is 1.68. The summed E-state index contributed by atoms with van der Waals surface area (Å²) in [6.07, 6.45) is 1.67. The number of hydrogen-bond donors (Lipinski definition) is 1. The van der Waals surface area contributed by atoms with Crippen LogP contribution in [0, 0.1) is 5.39 Å². The van der Waals surface area contributed by atoms with Crippen LogP contribution in [-0.2, 0) is 6.54 Å². The quantitative estimate of drug-likeness (QED) is 0.598. The largest absolute Gasteiger partial charge is 0.489 e. The average Bonchev–Trinajstić information content (AvgIpc) is 2.53. The molecule has 0 aliphatic heterocycles. The molecule has 0 bridgehead atoms. The van der Waals surface area contributed by atoms with Gasteiger partial charge in [-0.2, -0.15) is 0 Å². The van der Waals surface area contributed by atoms with Gasteiger partial charge in [0.05, 0.1) is 10.9 Å². The van der Waals surface area contributed by atoms with Crippen molar-refractivity contribution in [1.82, 2.24) is 4.57 Å². The number of rotatable bonds is 2. The van der Waals surface area contributed by atoms with Crippen molar-refractivity contribution in [2.45, 2.75) is 6.54 Å². The van der Waals surface area contributed by atoms with E-state index in [1.54, 1.807) is 16.7 Å². The molecule has 15 heavy (non-hydrogen) atoms. The zero-order chi connectivity index (χ0) is 10.8. The van der Waals surface area contributed by atoms with E-state index in [9.17, 15) is 5.11 Å². The van der Waals surface area contributed by atoms with Gasteiger partial charge >= 0.3 is 5.69 Å². The van der Waals surface area contributed by atoms with Crippen LogP contribution in [0.25, 0.3) is 15.9 Å². The lowest BCUT2D eigenvalue weighted by Gasteiger charge is -1.99. The van der Waals surface area contributed by atoms with Gasteiger partial charge in [-0.25, -0.2) is 0 Å². The van der Waals surface area contributed by atoms with Gasteiger partial charge in [-0.1, -0.05) is 18.2 Å². The fraction of sp³-hybridized carbons (Fsp3) is 0.0909. The Morgan fingerprint density at radius 1 is 1.47 bits per heavy atom. The van der Waals surface area contributed by atoms with Gasteiger partial charge in [0.25, 0.3) is 5.88 Å². The minimum Gasteiger partial charge on any atom is -0.489 e. The summed E-state index contributed by atoms with van der Waals surface area (Å²) in [4.78, 5) is 3.10. The van der Waals surface area contributed by atoms with Crippen molar-refractivity contribution in [3.05, 3.63) is 41.9 Å². The standard InChI is InChI=1S/C11H9N3O/c1-2-7-14-9-6-4-3-5-8(9)10(13-12)11(14)15/h2-6H,1,7H2/p+1. The Morgan fingerprint density at radius 2 is 2.20 bits per heavy atom. The van der Waals surface area contributed by atoms with Crippen LogP contribution in [0.15, 0.2) is 36.9 Å². The molecule has 0 aliphatic carbocycles. The van der Waals surface area contributed by atoms with Crippen LogP contribution in [0.4, 0.5) is 5.69 Å². The summed E-state index contributed by atoms with van der Waals surface area (Å²) in [5, 5.41) is 19.4. The zero-order valence-corrected chi connectivity index (χ0v) is 8.09. The molecule has 0 saturated carbocycles. The van der Waals surface area contributed by atoms with E-state index in [1.807, 2.05) is 18.2 Å². The molecule has 1 aromatic heterocycles. The molecule has 4 heteroatoms. The van der Waals surface area contributed by atoms with Crippen molar-refractivity contribution in [2.24, 2.45) is 0 Å². The molecule has 0 saturated heterocycles. The maximum absolute atomic E-state index is 9.81. The van der Waals surface area contributed by atoms with Crippen molar-refractivity contribution >= 4 is 16.6 Å². The normalized spacial score (nSPS) is 10.1. The molecule has 0 amide bonds. The highest BCUT2D eigenvalue weighted by Crippen LogP contribution is 2.38. The highest BCUT2D eigenvalue weighted by Gasteiger charge is 2.25. The molecule has 74 valence electrons. The molecule has 1 heterocycles. The minimum absolute atomic E-state index is 0.0430. The lowest BCUT2D eigenvalue weighted by atomic mass is 10.2. The molecule has 0 atom stereocenters. The predicted octanol–water partition coefficient (Wildman–Crippen LogP) is 3.02. The molecule has 2 rings (SSSR count). The van der Waals surface area contributed by atoms with E-state index in [0.717, 1.165) is 10.9 Å². The summed E-state index contributed by atoms with van der Waals surface area (Å²) in [6, 6.07) is 7.34. The summed E-state index contributed by atoms with van der Waals surface area (Å²) in [5.74, 6) is -0.0430. The van der Waals surface area contributed by atoms with Gasteiger partial charge < -0.3 is 9.67 Å². The SMILES string of the molecule is C=CCn1c(O)c([N+]#N)c2ccccc21. The fourth-order valence-corrected chi connectivity index (χ4v) is 1.68. The first kappa shape index (κ1) is 9.28. The molecule has 1 N–H and O–H groups in total. The number of diazo groups is 1. The molecule has 0 radical (unpaired) electrons. The number of allylic oxidation sites excluding steroid dienone is 1. The number of nitrogens with zero attached hydrogens (tertiary/aromatic N) is 3. The lowest BCUT2D eigenvalue weighted by molar-refractivity contribution is 0.432. The van der Waals surface area contributed by atoms with Gasteiger partial charge in [0.2, 0.25) is 5.39 Å². The van der Waals surface area contributed by atoms with Crippen LogP contribution in [0.2, 0.25) is 0 Å². The molecule has 0 aliphatic rings. The second kappa shape index (κ2) is 3.46. The highest BCUT2D eigenvalue weighted by molar-refractivity contribution is 5.97. The van der Waals surface area contributed by atoms with E-state index in [4.69, 9.17) is 5.39 Å². The van der Waals surface area contributed by atoms with E-state index in [2.05, 4.69) is 11.6 Å². The number of benzene rings is 1. The third-order valence-electron chi connectivity index (χ3n) is 2.33. The van der Waals surface area contributed by atoms with Crippen LogP contribution < -0.4 is 0 Å². The molecular weight excluding hydrogens is 190 g/mol. The van der Waals surface area contributed by atoms with E-state index < -0.39 is 0 Å². The summed E-state index contributed by atoms with van der Waals surface area (Å²) in [5.41, 5.74) is 1.02. The molecule has 0 spiro atoms. The van der Waals surface area contributed by atoms with Crippen molar-refractivity contribution in [1.29, 1.82) is 5.39 Å². The Balaban J connectivity index is 2.85. The highest BCUT2D eigenvalue weighted by atomic mass is 16.3. The van der Waals surface area contributed by atoms with Crippen LogP contribution in [0.3, 0.4) is 0 Å². The minimum atomic E-state index is -0.0430.